The number of ether oxygens (including phenoxy) is 5. The number of carbonyl (C=O) groups excluding carboxylic acids is 1. The van der Waals surface area contributed by atoms with Crippen LogP contribution < -0.4 is 5.32 Å². The highest BCUT2D eigenvalue weighted by atomic mass is 16.6. The molecule has 1 N–H and O–H groups in total. The zero-order chi connectivity index (χ0) is 27.1. The molecule has 1 aromatic rings. The fraction of sp³-hybridized carbons (Fsp3) is 0.759. The van der Waals surface area contributed by atoms with Gasteiger partial charge in [-0.05, 0) is 73.3 Å². The molecule has 0 heterocycles. The van der Waals surface area contributed by atoms with Crippen molar-refractivity contribution < 1.29 is 28.5 Å². The molecule has 1 aromatic carbocycles. The highest BCUT2D eigenvalue weighted by Gasteiger charge is 2.24. The van der Waals surface area contributed by atoms with Gasteiger partial charge in [0.2, 0.25) is 0 Å². The molecule has 0 saturated heterocycles. The Labute approximate surface area is 219 Å². The number of nitrogens with one attached hydrogen (secondary N) is 1. The molecule has 0 spiro atoms. The number of amides is 1. The fourth-order valence-corrected chi connectivity index (χ4v) is 3.42. The molecule has 0 bridgehead atoms. The molecule has 0 aliphatic carbocycles. The SMILES string of the molecule is CCCOC(COCCCNC(=O)OC(C)(C)C)COC(C)(C)CCOC(C)(C)Cc1ccccc1. The van der Waals surface area contributed by atoms with Gasteiger partial charge in [0, 0.05) is 26.2 Å². The summed E-state index contributed by atoms with van der Waals surface area (Å²) in [6.07, 6.45) is 2.73. The summed E-state index contributed by atoms with van der Waals surface area (Å²) in [5.41, 5.74) is 0.196. The Morgan fingerprint density at radius 1 is 0.889 bits per heavy atom. The molecule has 0 saturated carbocycles. The van der Waals surface area contributed by atoms with E-state index in [2.05, 4.69) is 64.2 Å². The Balaban J connectivity index is 2.32. The molecule has 0 aliphatic heterocycles. The summed E-state index contributed by atoms with van der Waals surface area (Å²) in [6, 6.07) is 10.4. The van der Waals surface area contributed by atoms with Crippen LogP contribution >= 0.6 is 0 Å². The van der Waals surface area contributed by atoms with Crippen molar-refractivity contribution in [2.45, 2.75) is 104 Å². The maximum absolute atomic E-state index is 11.7. The molecule has 1 rings (SSSR count). The fourth-order valence-electron chi connectivity index (χ4n) is 3.42. The van der Waals surface area contributed by atoms with Gasteiger partial charge in [0.25, 0.3) is 0 Å². The van der Waals surface area contributed by atoms with Gasteiger partial charge in [0.15, 0.2) is 0 Å². The lowest BCUT2D eigenvalue weighted by Crippen LogP contribution is -2.36. The van der Waals surface area contributed by atoms with Crippen LogP contribution in [0.25, 0.3) is 0 Å². The quantitative estimate of drug-likeness (QED) is 0.247. The molecule has 0 radical (unpaired) electrons. The van der Waals surface area contributed by atoms with Crippen molar-refractivity contribution in [1.82, 2.24) is 5.32 Å². The van der Waals surface area contributed by atoms with E-state index in [1.165, 1.54) is 5.56 Å². The number of rotatable bonds is 18. The Kier molecular flexibility index (Phi) is 14.6. The van der Waals surface area contributed by atoms with Crippen molar-refractivity contribution in [2.75, 3.05) is 39.6 Å². The summed E-state index contributed by atoms with van der Waals surface area (Å²) in [6.45, 7) is 19.2. The Bertz CT molecular complexity index is 714. The third-order valence-corrected chi connectivity index (χ3v) is 5.32. The first-order chi connectivity index (χ1) is 16.8. The van der Waals surface area contributed by atoms with Crippen LogP contribution in [-0.4, -0.2) is 68.6 Å². The molecule has 0 aliphatic rings. The average Bonchev–Trinajstić information content (AvgIpc) is 2.76. The van der Waals surface area contributed by atoms with Crippen LogP contribution in [0.1, 0.15) is 80.2 Å². The zero-order valence-corrected chi connectivity index (χ0v) is 24.0. The van der Waals surface area contributed by atoms with E-state index in [1.807, 2.05) is 26.8 Å². The van der Waals surface area contributed by atoms with Crippen LogP contribution in [0.3, 0.4) is 0 Å². The minimum atomic E-state index is -0.497. The van der Waals surface area contributed by atoms with Gasteiger partial charge in [-0.1, -0.05) is 37.3 Å². The Hall–Kier alpha value is -1.67. The van der Waals surface area contributed by atoms with Gasteiger partial charge in [-0.25, -0.2) is 4.79 Å². The maximum Gasteiger partial charge on any atom is 0.407 e. The Morgan fingerprint density at radius 3 is 2.22 bits per heavy atom. The highest BCUT2D eigenvalue weighted by molar-refractivity contribution is 5.67. The maximum atomic E-state index is 11.7. The highest BCUT2D eigenvalue weighted by Crippen LogP contribution is 2.21. The van der Waals surface area contributed by atoms with Crippen molar-refractivity contribution in [2.24, 2.45) is 0 Å². The predicted octanol–water partition coefficient (Wildman–Crippen LogP) is 5.94. The van der Waals surface area contributed by atoms with E-state index in [0.29, 0.717) is 46.0 Å². The van der Waals surface area contributed by atoms with Crippen molar-refractivity contribution >= 4 is 6.09 Å². The lowest BCUT2D eigenvalue weighted by Gasteiger charge is -2.31. The van der Waals surface area contributed by atoms with Gasteiger partial charge in [0.05, 0.1) is 31.0 Å². The van der Waals surface area contributed by atoms with Crippen LogP contribution in [0.4, 0.5) is 4.79 Å². The molecular weight excluding hydrogens is 458 g/mol. The summed E-state index contributed by atoms with van der Waals surface area (Å²) in [5.74, 6) is 0. The normalized spacial score (nSPS) is 13.4. The molecule has 0 aromatic heterocycles. The number of hydrogen-bond donors (Lipinski definition) is 1. The molecule has 1 unspecified atom stereocenters. The van der Waals surface area contributed by atoms with E-state index in [1.54, 1.807) is 0 Å². The van der Waals surface area contributed by atoms with Crippen molar-refractivity contribution in [3.63, 3.8) is 0 Å². The van der Waals surface area contributed by atoms with Crippen molar-refractivity contribution in [3.8, 4) is 0 Å². The largest absolute Gasteiger partial charge is 0.444 e. The van der Waals surface area contributed by atoms with Crippen molar-refractivity contribution in [1.29, 1.82) is 0 Å². The molecule has 1 atom stereocenters. The van der Waals surface area contributed by atoms with E-state index < -0.39 is 11.7 Å². The van der Waals surface area contributed by atoms with Crippen molar-refractivity contribution in [3.05, 3.63) is 35.9 Å². The van der Waals surface area contributed by atoms with Crippen LogP contribution in [-0.2, 0) is 30.1 Å². The second kappa shape index (κ2) is 16.2. The molecule has 36 heavy (non-hydrogen) atoms. The van der Waals surface area contributed by atoms with Gasteiger partial charge in [-0.15, -0.1) is 0 Å². The van der Waals surface area contributed by atoms with Gasteiger partial charge in [0.1, 0.15) is 11.7 Å². The summed E-state index contributed by atoms with van der Waals surface area (Å²) in [4.78, 5) is 11.7. The van der Waals surface area contributed by atoms with E-state index >= 15 is 0 Å². The zero-order valence-electron chi connectivity index (χ0n) is 24.0. The van der Waals surface area contributed by atoms with E-state index in [-0.39, 0.29) is 17.3 Å². The number of benzene rings is 1. The standard InChI is InChI=1S/C29H51NO6/c1-9-18-33-25(22-32-19-13-17-30-26(31)36-27(2,3)4)23-35-28(5,6)16-20-34-29(7,8)21-24-14-11-10-12-15-24/h10-12,14-15,25H,9,13,16-23H2,1-8H3,(H,30,31). The summed E-state index contributed by atoms with van der Waals surface area (Å²) >= 11 is 0. The Morgan fingerprint density at radius 2 is 1.58 bits per heavy atom. The molecule has 0 fully saturated rings. The van der Waals surface area contributed by atoms with E-state index in [9.17, 15) is 4.79 Å². The topological polar surface area (TPSA) is 75.3 Å². The van der Waals surface area contributed by atoms with E-state index in [4.69, 9.17) is 23.7 Å². The minimum Gasteiger partial charge on any atom is -0.444 e. The first kappa shape index (κ1) is 32.4. The lowest BCUT2D eigenvalue weighted by molar-refractivity contribution is -0.117. The second-order valence-corrected chi connectivity index (χ2v) is 11.4. The second-order valence-electron chi connectivity index (χ2n) is 11.4. The summed E-state index contributed by atoms with van der Waals surface area (Å²) in [5, 5.41) is 2.74. The van der Waals surface area contributed by atoms with E-state index in [0.717, 1.165) is 19.3 Å². The third-order valence-electron chi connectivity index (χ3n) is 5.32. The first-order valence-corrected chi connectivity index (χ1v) is 13.3. The third kappa shape index (κ3) is 16.9. The molecular formula is C29H51NO6. The first-order valence-electron chi connectivity index (χ1n) is 13.3. The smallest absolute Gasteiger partial charge is 0.407 e. The summed E-state index contributed by atoms with van der Waals surface area (Å²) < 4.78 is 29.4. The molecule has 7 nitrogen and oxygen atoms in total. The number of carbonyl (C=O) groups is 1. The van der Waals surface area contributed by atoms with Crippen LogP contribution in [0.2, 0.25) is 0 Å². The van der Waals surface area contributed by atoms with Crippen LogP contribution in [0.5, 0.6) is 0 Å². The number of hydrogen-bond acceptors (Lipinski definition) is 6. The molecule has 208 valence electrons. The van der Waals surface area contributed by atoms with Gasteiger partial charge < -0.3 is 29.0 Å². The molecule has 1 amide bonds. The molecule has 7 heteroatoms. The average molecular weight is 510 g/mol. The van der Waals surface area contributed by atoms with Gasteiger partial charge >= 0.3 is 6.09 Å². The van der Waals surface area contributed by atoms with Crippen LogP contribution in [0.15, 0.2) is 30.3 Å². The minimum absolute atomic E-state index is 0.140. The number of alkyl carbamates (subject to hydrolysis) is 1. The monoisotopic (exact) mass is 509 g/mol. The van der Waals surface area contributed by atoms with Gasteiger partial charge in [-0.2, -0.15) is 0 Å². The van der Waals surface area contributed by atoms with Crippen LogP contribution in [0, 0.1) is 0 Å². The predicted molar refractivity (Wildman–Crippen MR) is 145 cm³/mol. The lowest BCUT2D eigenvalue weighted by atomic mass is 9.98. The summed E-state index contributed by atoms with van der Waals surface area (Å²) in [7, 11) is 0. The van der Waals surface area contributed by atoms with Gasteiger partial charge in [-0.3, -0.25) is 0 Å².